The van der Waals surface area contributed by atoms with Crippen molar-refractivity contribution in [3.8, 4) is 0 Å². The third-order valence-electron chi connectivity index (χ3n) is 3.00. The van der Waals surface area contributed by atoms with E-state index in [1.165, 1.54) is 19.1 Å². The Morgan fingerprint density at radius 1 is 1.40 bits per heavy atom. The summed E-state index contributed by atoms with van der Waals surface area (Å²) in [6, 6.07) is 3.33. The van der Waals surface area contributed by atoms with Crippen LogP contribution >= 0.6 is 0 Å². The summed E-state index contributed by atoms with van der Waals surface area (Å²) < 4.78 is 62.7. The Balaban J connectivity index is 2.14. The summed E-state index contributed by atoms with van der Waals surface area (Å²) in [5.41, 5.74) is 1.73. The molecule has 0 spiro atoms. The molecule has 1 aliphatic heterocycles. The highest BCUT2D eigenvalue weighted by atomic mass is 32.2. The molecule has 112 valence electrons. The fourth-order valence-electron chi connectivity index (χ4n) is 2.16. The van der Waals surface area contributed by atoms with E-state index in [0.29, 0.717) is 0 Å². The van der Waals surface area contributed by atoms with Gasteiger partial charge in [-0.2, -0.15) is 13.2 Å². The van der Waals surface area contributed by atoms with Crippen molar-refractivity contribution in [2.24, 2.45) is 0 Å². The van der Waals surface area contributed by atoms with E-state index in [1.54, 1.807) is 6.07 Å². The first-order chi connectivity index (χ1) is 9.17. The van der Waals surface area contributed by atoms with Crippen LogP contribution in [0.4, 0.5) is 18.9 Å². The van der Waals surface area contributed by atoms with Crippen LogP contribution in [0.1, 0.15) is 18.9 Å². The van der Waals surface area contributed by atoms with Crippen molar-refractivity contribution >= 4 is 15.7 Å². The Morgan fingerprint density at radius 3 is 2.75 bits per heavy atom. The molecule has 1 atom stereocenters. The highest BCUT2D eigenvalue weighted by Crippen LogP contribution is 2.26. The van der Waals surface area contributed by atoms with E-state index in [4.69, 9.17) is 0 Å². The van der Waals surface area contributed by atoms with Crippen LogP contribution in [-0.2, 0) is 16.4 Å². The number of halogens is 3. The van der Waals surface area contributed by atoms with E-state index in [0.717, 1.165) is 24.2 Å². The van der Waals surface area contributed by atoms with E-state index < -0.39 is 28.7 Å². The van der Waals surface area contributed by atoms with Gasteiger partial charge in [0.1, 0.15) is 0 Å². The normalized spacial score (nSPS) is 16.6. The lowest BCUT2D eigenvalue weighted by Crippen LogP contribution is -2.35. The molecule has 20 heavy (non-hydrogen) atoms. The molecule has 4 nitrogen and oxygen atoms in total. The molecule has 1 heterocycles. The Morgan fingerprint density at radius 2 is 2.10 bits per heavy atom. The Hall–Kier alpha value is -1.28. The zero-order valence-electron chi connectivity index (χ0n) is 10.8. The van der Waals surface area contributed by atoms with Crippen molar-refractivity contribution in [3.63, 3.8) is 0 Å². The van der Waals surface area contributed by atoms with E-state index >= 15 is 0 Å². The Labute approximate surface area is 115 Å². The number of nitrogens with one attached hydrogen (secondary N) is 2. The highest BCUT2D eigenvalue weighted by Gasteiger charge is 2.32. The average molecular weight is 308 g/mol. The molecule has 0 aromatic heterocycles. The minimum atomic E-state index is -4.40. The molecular formula is C12H15F3N2O2S. The number of fused-ring (bicyclic) bond motifs is 1. The van der Waals surface area contributed by atoms with Crippen molar-refractivity contribution in [2.75, 3.05) is 11.9 Å². The maximum absolute atomic E-state index is 12.2. The lowest BCUT2D eigenvalue weighted by atomic mass is 10.2. The van der Waals surface area contributed by atoms with Crippen molar-refractivity contribution in [1.82, 2.24) is 4.72 Å². The van der Waals surface area contributed by atoms with Gasteiger partial charge in [-0.25, -0.2) is 13.1 Å². The van der Waals surface area contributed by atoms with E-state index in [1.807, 2.05) is 4.72 Å². The molecule has 0 bridgehead atoms. The number of sulfonamides is 1. The minimum absolute atomic E-state index is 0.0281. The number of anilines is 1. The minimum Gasteiger partial charge on any atom is -0.384 e. The van der Waals surface area contributed by atoms with Crippen LogP contribution in [-0.4, -0.2) is 27.2 Å². The van der Waals surface area contributed by atoms with Gasteiger partial charge in [0.05, 0.1) is 11.3 Å². The second-order valence-electron chi connectivity index (χ2n) is 4.84. The van der Waals surface area contributed by atoms with Crippen molar-refractivity contribution in [3.05, 3.63) is 23.8 Å². The van der Waals surface area contributed by atoms with Gasteiger partial charge < -0.3 is 5.32 Å². The van der Waals surface area contributed by atoms with Crippen LogP contribution < -0.4 is 10.0 Å². The molecule has 8 heteroatoms. The first-order valence-electron chi connectivity index (χ1n) is 6.13. The predicted octanol–water partition coefficient (Wildman–Crippen LogP) is 2.27. The zero-order valence-corrected chi connectivity index (χ0v) is 11.6. The van der Waals surface area contributed by atoms with Gasteiger partial charge >= 0.3 is 6.18 Å². The van der Waals surface area contributed by atoms with Gasteiger partial charge in [-0.3, -0.25) is 0 Å². The molecule has 2 rings (SSSR count). The van der Waals surface area contributed by atoms with Gasteiger partial charge in [-0.05, 0) is 31.0 Å². The Kier molecular flexibility index (Phi) is 3.97. The first kappa shape index (κ1) is 15.1. The van der Waals surface area contributed by atoms with Crippen LogP contribution in [0.15, 0.2) is 23.1 Å². The monoisotopic (exact) mass is 308 g/mol. The van der Waals surface area contributed by atoms with Crippen molar-refractivity contribution in [1.29, 1.82) is 0 Å². The van der Waals surface area contributed by atoms with Crippen LogP contribution in [0.3, 0.4) is 0 Å². The number of alkyl halides is 3. The Bertz CT molecular complexity index is 599. The SMILES string of the molecule is CC(CC(F)(F)F)NS(=O)(=O)c1ccc2c(c1)NCC2. The summed E-state index contributed by atoms with van der Waals surface area (Å²) in [5.74, 6) is 0. The number of hydrogen-bond donors (Lipinski definition) is 2. The van der Waals surface area contributed by atoms with Gasteiger partial charge in [-0.1, -0.05) is 6.07 Å². The second-order valence-corrected chi connectivity index (χ2v) is 6.55. The maximum atomic E-state index is 12.2. The van der Waals surface area contributed by atoms with Crippen molar-refractivity contribution < 1.29 is 21.6 Å². The predicted molar refractivity (Wildman–Crippen MR) is 69.1 cm³/mol. The van der Waals surface area contributed by atoms with Crippen LogP contribution in [0.5, 0.6) is 0 Å². The fraction of sp³-hybridized carbons (Fsp3) is 0.500. The van der Waals surface area contributed by atoms with Crippen LogP contribution in [0.25, 0.3) is 0 Å². The maximum Gasteiger partial charge on any atom is 0.390 e. The first-order valence-corrected chi connectivity index (χ1v) is 7.61. The van der Waals surface area contributed by atoms with Gasteiger partial charge in [0.15, 0.2) is 0 Å². The smallest absolute Gasteiger partial charge is 0.384 e. The zero-order chi connectivity index (χ0) is 15.0. The molecular weight excluding hydrogens is 293 g/mol. The van der Waals surface area contributed by atoms with Gasteiger partial charge in [0.25, 0.3) is 0 Å². The summed E-state index contributed by atoms with van der Waals surface area (Å²) in [6.07, 6.45) is -4.79. The average Bonchev–Trinajstić information content (AvgIpc) is 2.71. The fourth-order valence-corrected chi connectivity index (χ4v) is 3.43. The molecule has 0 radical (unpaired) electrons. The lowest BCUT2D eigenvalue weighted by Gasteiger charge is -2.16. The molecule has 2 N–H and O–H groups in total. The molecule has 0 saturated carbocycles. The summed E-state index contributed by atoms with van der Waals surface area (Å²) in [5, 5.41) is 3.03. The van der Waals surface area contributed by atoms with Gasteiger partial charge in [0, 0.05) is 18.3 Å². The molecule has 0 aliphatic carbocycles. The standard InChI is InChI=1S/C12H15F3N2O2S/c1-8(7-12(13,14)15)17-20(18,19)10-3-2-9-4-5-16-11(9)6-10/h2-3,6,8,16-17H,4-5,7H2,1H3. The van der Waals surface area contributed by atoms with Crippen LogP contribution in [0, 0.1) is 0 Å². The quantitative estimate of drug-likeness (QED) is 0.897. The number of benzene rings is 1. The molecule has 0 saturated heterocycles. The molecule has 1 aromatic rings. The van der Waals surface area contributed by atoms with E-state index in [2.05, 4.69) is 5.32 Å². The second kappa shape index (κ2) is 5.25. The number of rotatable bonds is 4. The molecule has 0 fully saturated rings. The molecule has 0 amide bonds. The third kappa shape index (κ3) is 3.63. The van der Waals surface area contributed by atoms with E-state index in [9.17, 15) is 21.6 Å². The van der Waals surface area contributed by atoms with Gasteiger partial charge in [0.2, 0.25) is 10.0 Å². The lowest BCUT2D eigenvalue weighted by molar-refractivity contribution is -0.137. The topological polar surface area (TPSA) is 58.2 Å². The summed E-state index contributed by atoms with van der Waals surface area (Å²) >= 11 is 0. The number of hydrogen-bond acceptors (Lipinski definition) is 3. The molecule has 1 aromatic carbocycles. The highest BCUT2D eigenvalue weighted by molar-refractivity contribution is 7.89. The molecule has 1 aliphatic rings. The largest absolute Gasteiger partial charge is 0.390 e. The van der Waals surface area contributed by atoms with E-state index in [-0.39, 0.29) is 4.90 Å². The third-order valence-corrected chi connectivity index (χ3v) is 4.58. The summed E-state index contributed by atoms with van der Waals surface area (Å²) in [7, 11) is -3.94. The molecule has 1 unspecified atom stereocenters. The van der Waals surface area contributed by atoms with Crippen molar-refractivity contribution in [2.45, 2.75) is 36.9 Å². The van der Waals surface area contributed by atoms with Gasteiger partial charge in [-0.15, -0.1) is 0 Å². The van der Waals surface area contributed by atoms with Crippen LogP contribution in [0.2, 0.25) is 0 Å². The summed E-state index contributed by atoms with van der Waals surface area (Å²) in [6.45, 7) is 1.92. The summed E-state index contributed by atoms with van der Waals surface area (Å²) in [4.78, 5) is -0.0281.